The van der Waals surface area contributed by atoms with Crippen LogP contribution in [0.1, 0.15) is 19.8 Å². The van der Waals surface area contributed by atoms with E-state index in [0.29, 0.717) is 12.9 Å². The first kappa shape index (κ1) is 10.1. The highest BCUT2D eigenvalue weighted by Gasteiger charge is 2.01. The van der Waals surface area contributed by atoms with Crippen molar-refractivity contribution in [3.63, 3.8) is 0 Å². The summed E-state index contributed by atoms with van der Waals surface area (Å²) in [6.45, 7) is 2.07. The molecule has 0 heterocycles. The van der Waals surface area contributed by atoms with E-state index in [9.17, 15) is 9.59 Å². The molecule has 1 atom stereocenters. The zero-order chi connectivity index (χ0) is 8.69. The number of ether oxygens (including phenoxy) is 1. The van der Waals surface area contributed by atoms with Gasteiger partial charge >= 0.3 is 5.97 Å². The maximum absolute atomic E-state index is 10.6. The number of hydrogen-bond acceptors (Lipinski definition) is 3. The van der Waals surface area contributed by atoms with Crippen LogP contribution < -0.4 is 0 Å². The third-order valence-corrected chi connectivity index (χ3v) is 1.13. The highest BCUT2D eigenvalue weighted by Crippen LogP contribution is 1.98. The molecule has 0 saturated heterocycles. The number of esters is 1. The molecule has 4 nitrogen and oxygen atoms in total. The van der Waals surface area contributed by atoms with Crippen LogP contribution in [-0.2, 0) is 14.3 Å². The summed E-state index contributed by atoms with van der Waals surface area (Å²) in [5.74, 6) is -0.341. The predicted octanol–water partition coefficient (Wildman–Crippen LogP) is 0.949. The molecule has 0 aliphatic carbocycles. The second-order valence-corrected chi connectivity index (χ2v) is 2.09. The standard InChI is InChI=1S/C7H12NO3/c1-2-11-7(10)4-3-6(8)5-9/h5-6,8H,2-4H2,1H3/q-1. The Morgan fingerprint density at radius 3 is 2.82 bits per heavy atom. The van der Waals surface area contributed by atoms with Crippen molar-refractivity contribution in [2.75, 3.05) is 6.61 Å². The molecule has 0 aromatic carbocycles. The van der Waals surface area contributed by atoms with E-state index in [2.05, 4.69) is 4.74 Å². The van der Waals surface area contributed by atoms with Crippen LogP contribution in [0.2, 0.25) is 0 Å². The molecule has 1 unspecified atom stereocenters. The first-order valence-corrected chi connectivity index (χ1v) is 3.52. The lowest BCUT2D eigenvalue weighted by atomic mass is 10.2. The summed E-state index contributed by atoms with van der Waals surface area (Å²) < 4.78 is 4.60. The van der Waals surface area contributed by atoms with Crippen molar-refractivity contribution in [3.8, 4) is 0 Å². The normalized spacial score (nSPS) is 12.2. The van der Waals surface area contributed by atoms with Gasteiger partial charge in [-0.2, -0.15) is 0 Å². The van der Waals surface area contributed by atoms with E-state index in [1.165, 1.54) is 0 Å². The molecule has 0 rings (SSSR count). The molecular weight excluding hydrogens is 146 g/mol. The zero-order valence-corrected chi connectivity index (χ0v) is 6.50. The fourth-order valence-electron chi connectivity index (χ4n) is 0.575. The Labute approximate surface area is 65.7 Å². The Morgan fingerprint density at radius 1 is 1.73 bits per heavy atom. The Morgan fingerprint density at radius 2 is 2.36 bits per heavy atom. The van der Waals surface area contributed by atoms with Gasteiger partial charge in [-0.1, -0.05) is 12.5 Å². The number of rotatable bonds is 5. The van der Waals surface area contributed by atoms with E-state index in [-0.39, 0.29) is 18.8 Å². The SMILES string of the molecule is CCOC(=O)CCC([NH-])C=O. The van der Waals surface area contributed by atoms with Gasteiger partial charge in [0, 0.05) is 6.42 Å². The van der Waals surface area contributed by atoms with Crippen LogP contribution in [0.5, 0.6) is 0 Å². The Hall–Kier alpha value is -0.900. The molecule has 0 amide bonds. The molecule has 0 aromatic heterocycles. The minimum atomic E-state index is -0.792. The molecular formula is C7H12NO3-. The Bertz CT molecular complexity index is 136. The molecule has 0 bridgehead atoms. The summed E-state index contributed by atoms with van der Waals surface area (Å²) in [5, 5.41) is 0. The average Bonchev–Trinajstić information content (AvgIpc) is 2.01. The smallest absolute Gasteiger partial charge is 0.305 e. The van der Waals surface area contributed by atoms with E-state index in [0.717, 1.165) is 0 Å². The quantitative estimate of drug-likeness (QED) is 0.442. The van der Waals surface area contributed by atoms with Gasteiger partial charge in [0.05, 0.1) is 6.61 Å². The van der Waals surface area contributed by atoms with Crippen LogP contribution >= 0.6 is 0 Å². The molecule has 4 heteroatoms. The van der Waals surface area contributed by atoms with Crippen molar-refractivity contribution >= 4 is 12.3 Å². The van der Waals surface area contributed by atoms with Crippen molar-refractivity contribution in [2.45, 2.75) is 25.8 Å². The maximum atomic E-state index is 10.6. The molecule has 0 fully saturated rings. The highest BCUT2D eigenvalue weighted by atomic mass is 16.5. The molecule has 0 aliphatic heterocycles. The molecule has 0 spiro atoms. The van der Waals surface area contributed by atoms with Gasteiger partial charge in [0.1, 0.15) is 6.29 Å². The number of carbonyl (C=O) groups is 2. The van der Waals surface area contributed by atoms with Gasteiger partial charge < -0.3 is 15.3 Å². The summed E-state index contributed by atoms with van der Waals surface area (Å²) >= 11 is 0. The fourth-order valence-corrected chi connectivity index (χ4v) is 0.575. The summed E-state index contributed by atoms with van der Waals surface area (Å²) in [6.07, 6.45) is 0.919. The van der Waals surface area contributed by atoms with Crippen molar-refractivity contribution in [1.82, 2.24) is 0 Å². The van der Waals surface area contributed by atoms with E-state index < -0.39 is 6.04 Å². The lowest BCUT2D eigenvalue weighted by Gasteiger charge is -2.09. The zero-order valence-electron chi connectivity index (χ0n) is 6.50. The Balaban J connectivity index is 3.37. The number of aldehydes is 1. The number of hydrogen-bond donors (Lipinski definition) is 0. The molecule has 0 aliphatic rings. The highest BCUT2D eigenvalue weighted by molar-refractivity contribution is 5.70. The van der Waals surface area contributed by atoms with E-state index in [1.807, 2.05) is 0 Å². The topological polar surface area (TPSA) is 67.2 Å². The van der Waals surface area contributed by atoms with Crippen molar-refractivity contribution in [2.24, 2.45) is 0 Å². The lowest BCUT2D eigenvalue weighted by molar-refractivity contribution is -0.143. The third kappa shape index (κ3) is 5.54. The third-order valence-electron chi connectivity index (χ3n) is 1.13. The van der Waals surface area contributed by atoms with Gasteiger partial charge in [-0.25, -0.2) is 0 Å². The van der Waals surface area contributed by atoms with Gasteiger partial charge in [0.2, 0.25) is 0 Å². The monoisotopic (exact) mass is 158 g/mol. The molecule has 0 radical (unpaired) electrons. The van der Waals surface area contributed by atoms with Crippen molar-refractivity contribution in [1.29, 1.82) is 0 Å². The molecule has 64 valence electrons. The minimum Gasteiger partial charge on any atom is -0.669 e. The van der Waals surface area contributed by atoms with Crippen LogP contribution in [0, 0.1) is 0 Å². The van der Waals surface area contributed by atoms with Crippen LogP contribution in [0.4, 0.5) is 0 Å². The van der Waals surface area contributed by atoms with E-state index in [1.54, 1.807) is 6.92 Å². The van der Waals surface area contributed by atoms with Gasteiger partial charge in [-0.3, -0.25) is 4.79 Å². The summed E-state index contributed by atoms with van der Waals surface area (Å²) in [5.41, 5.74) is 6.97. The predicted molar refractivity (Wildman–Crippen MR) is 40.0 cm³/mol. The van der Waals surface area contributed by atoms with Crippen molar-refractivity contribution < 1.29 is 14.3 Å². The second-order valence-electron chi connectivity index (χ2n) is 2.09. The van der Waals surface area contributed by atoms with Crippen LogP contribution in [0.25, 0.3) is 5.73 Å². The van der Waals surface area contributed by atoms with Gasteiger partial charge in [0.25, 0.3) is 0 Å². The summed E-state index contributed by atoms with van der Waals surface area (Å²) in [7, 11) is 0. The lowest BCUT2D eigenvalue weighted by Crippen LogP contribution is -2.09. The molecule has 0 saturated carbocycles. The van der Waals surface area contributed by atoms with E-state index in [4.69, 9.17) is 5.73 Å². The van der Waals surface area contributed by atoms with Crippen LogP contribution in [-0.4, -0.2) is 24.9 Å². The largest absolute Gasteiger partial charge is 0.669 e. The van der Waals surface area contributed by atoms with Crippen molar-refractivity contribution in [3.05, 3.63) is 5.73 Å². The summed E-state index contributed by atoms with van der Waals surface area (Å²) in [4.78, 5) is 20.6. The first-order valence-electron chi connectivity index (χ1n) is 3.52. The number of carbonyl (C=O) groups excluding carboxylic acids is 2. The van der Waals surface area contributed by atoms with Crippen LogP contribution in [0.15, 0.2) is 0 Å². The molecule has 1 N–H and O–H groups in total. The fraction of sp³-hybridized carbons (Fsp3) is 0.714. The van der Waals surface area contributed by atoms with Gasteiger partial charge in [-0.15, -0.1) is 0 Å². The number of nitrogens with one attached hydrogen (secondary N) is 1. The maximum Gasteiger partial charge on any atom is 0.305 e. The first-order chi connectivity index (χ1) is 5.20. The molecule has 11 heavy (non-hydrogen) atoms. The average molecular weight is 158 g/mol. The van der Waals surface area contributed by atoms with Gasteiger partial charge in [0.15, 0.2) is 0 Å². The van der Waals surface area contributed by atoms with Crippen LogP contribution in [0.3, 0.4) is 0 Å². The van der Waals surface area contributed by atoms with E-state index >= 15 is 0 Å². The van der Waals surface area contributed by atoms with Gasteiger partial charge in [-0.05, 0) is 6.92 Å². The summed E-state index contributed by atoms with van der Waals surface area (Å²) in [6, 6.07) is -0.792. The minimum absolute atomic E-state index is 0.154. The Kier molecular flexibility index (Phi) is 5.37. The second kappa shape index (κ2) is 5.85. The molecule has 0 aromatic rings.